The lowest BCUT2D eigenvalue weighted by Gasteiger charge is -2.13. The molecule has 4 rings (SSSR count). The van der Waals surface area contributed by atoms with Gasteiger partial charge < -0.3 is 5.32 Å². The molecule has 1 aromatic heterocycles. The molecule has 27 heavy (non-hydrogen) atoms. The average molecular weight is 382 g/mol. The molecule has 0 aliphatic heterocycles. The van der Waals surface area contributed by atoms with Crippen molar-refractivity contribution in [1.82, 2.24) is 14.8 Å². The van der Waals surface area contributed by atoms with Crippen LogP contribution in [0.15, 0.2) is 58.2 Å². The summed E-state index contributed by atoms with van der Waals surface area (Å²) in [6.45, 7) is 2.03. The highest BCUT2D eigenvalue weighted by atomic mass is 32.2. The summed E-state index contributed by atoms with van der Waals surface area (Å²) >= 11 is 1.45. The maximum absolute atomic E-state index is 13.0. The summed E-state index contributed by atoms with van der Waals surface area (Å²) in [6.07, 6.45) is 1.94. The summed E-state index contributed by atoms with van der Waals surface area (Å²) < 4.78 is 14.7. The number of hydrogen-bond donors (Lipinski definition) is 1. The molecule has 1 heterocycles. The van der Waals surface area contributed by atoms with Crippen LogP contribution >= 0.6 is 11.8 Å². The second kappa shape index (κ2) is 7.52. The predicted molar refractivity (Wildman–Crippen MR) is 105 cm³/mol. The first-order valence-corrected chi connectivity index (χ1v) is 9.79. The highest BCUT2D eigenvalue weighted by Gasteiger charge is 2.29. The van der Waals surface area contributed by atoms with Crippen LogP contribution in [0.25, 0.3) is 0 Å². The van der Waals surface area contributed by atoms with E-state index in [1.165, 1.54) is 29.5 Å². The highest BCUT2D eigenvalue weighted by Crippen LogP contribution is 2.36. The maximum Gasteiger partial charge on any atom is 0.278 e. The Balaban J connectivity index is 1.57. The van der Waals surface area contributed by atoms with E-state index in [1.54, 1.807) is 16.7 Å². The number of benzene rings is 2. The Morgan fingerprint density at radius 3 is 2.48 bits per heavy atom. The fraction of sp³-hybridized carbons (Fsp3) is 0.250. The highest BCUT2D eigenvalue weighted by molar-refractivity contribution is 7.98. The van der Waals surface area contributed by atoms with Crippen molar-refractivity contribution in [3.63, 3.8) is 0 Å². The summed E-state index contributed by atoms with van der Waals surface area (Å²) in [5.41, 5.74) is 2.33. The van der Waals surface area contributed by atoms with Crippen molar-refractivity contribution in [2.75, 3.05) is 5.32 Å². The van der Waals surface area contributed by atoms with Gasteiger partial charge in [-0.05, 0) is 56.2 Å². The van der Waals surface area contributed by atoms with Crippen LogP contribution in [0.5, 0.6) is 0 Å². The molecule has 0 spiro atoms. The maximum atomic E-state index is 13.0. The van der Waals surface area contributed by atoms with Gasteiger partial charge in [0.2, 0.25) is 5.95 Å². The first-order chi connectivity index (χ1) is 13.1. The molecule has 2 aromatic carbocycles. The number of rotatable bonds is 6. The summed E-state index contributed by atoms with van der Waals surface area (Å²) in [4.78, 5) is 13.8. The summed E-state index contributed by atoms with van der Waals surface area (Å²) in [6, 6.07) is 14.3. The van der Waals surface area contributed by atoms with Crippen molar-refractivity contribution < 1.29 is 4.39 Å². The van der Waals surface area contributed by atoms with Crippen LogP contribution < -0.4 is 10.9 Å². The van der Waals surface area contributed by atoms with Crippen LogP contribution in [0.1, 0.15) is 30.1 Å². The summed E-state index contributed by atoms with van der Waals surface area (Å²) in [7, 11) is 0. The topological polar surface area (TPSA) is 59.8 Å². The van der Waals surface area contributed by atoms with Crippen molar-refractivity contribution in [3.8, 4) is 0 Å². The Kier molecular flexibility index (Phi) is 4.94. The number of halogens is 1. The molecule has 0 unspecified atom stereocenters. The molecule has 1 saturated carbocycles. The zero-order valence-corrected chi connectivity index (χ0v) is 15.7. The monoisotopic (exact) mass is 382 g/mol. The lowest BCUT2D eigenvalue weighted by atomic mass is 10.2. The van der Waals surface area contributed by atoms with Crippen LogP contribution in [-0.2, 0) is 5.75 Å². The molecule has 1 fully saturated rings. The van der Waals surface area contributed by atoms with Crippen molar-refractivity contribution in [3.05, 3.63) is 76.0 Å². The first kappa shape index (κ1) is 17.7. The van der Waals surface area contributed by atoms with Gasteiger partial charge in [0.1, 0.15) is 11.5 Å². The van der Waals surface area contributed by atoms with Gasteiger partial charge in [-0.3, -0.25) is 9.36 Å². The van der Waals surface area contributed by atoms with Crippen molar-refractivity contribution in [2.45, 2.75) is 36.5 Å². The van der Waals surface area contributed by atoms with Crippen molar-refractivity contribution >= 4 is 23.4 Å². The quantitative estimate of drug-likeness (QED) is 0.638. The Hall–Kier alpha value is -2.67. The fourth-order valence-electron chi connectivity index (χ4n) is 2.73. The molecule has 0 bridgehead atoms. The third-order valence-electron chi connectivity index (χ3n) is 4.37. The summed E-state index contributed by atoms with van der Waals surface area (Å²) in [5, 5.41) is 11.6. The van der Waals surface area contributed by atoms with E-state index in [9.17, 15) is 9.18 Å². The van der Waals surface area contributed by atoms with Gasteiger partial charge in [-0.25, -0.2) is 4.39 Å². The molecule has 5 nitrogen and oxygen atoms in total. The van der Waals surface area contributed by atoms with Gasteiger partial charge >= 0.3 is 0 Å². The molecular weight excluding hydrogens is 363 g/mol. The van der Waals surface area contributed by atoms with Gasteiger partial charge in [0, 0.05) is 22.4 Å². The molecular formula is C20H19FN4OS. The average Bonchev–Trinajstić information content (AvgIpc) is 3.49. The van der Waals surface area contributed by atoms with Crippen molar-refractivity contribution in [2.24, 2.45) is 0 Å². The zero-order valence-electron chi connectivity index (χ0n) is 14.9. The number of aromatic nitrogens is 3. The largest absolute Gasteiger partial charge is 0.324 e. The lowest BCUT2D eigenvalue weighted by Crippen LogP contribution is -2.27. The van der Waals surface area contributed by atoms with Crippen LogP contribution in [0.4, 0.5) is 16.0 Å². The van der Waals surface area contributed by atoms with Gasteiger partial charge in [-0.15, -0.1) is 22.0 Å². The van der Waals surface area contributed by atoms with E-state index in [4.69, 9.17) is 0 Å². The second-order valence-electron chi connectivity index (χ2n) is 6.61. The van der Waals surface area contributed by atoms with E-state index < -0.39 is 0 Å². The number of aryl methyl sites for hydroxylation is 1. The van der Waals surface area contributed by atoms with Gasteiger partial charge in [0.25, 0.3) is 5.56 Å². The van der Waals surface area contributed by atoms with Crippen LogP contribution in [0, 0.1) is 12.7 Å². The molecule has 3 aromatic rings. The third-order valence-corrected chi connectivity index (χ3v) is 5.39. The van der Waals surface area contributed by atoms with E-state index in [1.807, 2.05) is 31.2 Å². The van der Waals surface area contributed by atoms with Gasteiger partial charge in [0.15, 0.2) is 0 Å². The fourth-order valence-corrected chi connectivity index (χ4v) is 3.54. The Bertz CT molecular complexity index is 998. The molecule has 0 radical (unpaired) electrons. The minimum atomic E-state index is -0.276. The number of nitrogens with one attached hydrogen (secondary N) is 1. The first-order valence-electron chi connectivity index (χ1n) is 8.80. The minimum Gasteiger partial charge on any atom is -0.324 e. The standard InChI is InChI=1S/C20H19FN4OS/c1-13-2-6-15(7-3-13)22-20-24-23-18(19(26)25(20)16-8-9-16)12-27-17-10-4-14(21)5-11-17/h2-7,10-11,16H,8-9,12H2,1H3,(H,22,24). The van der Waals surface area contributed by atoms with Crippen molar-refractivity contribution in [1.29, 1.82) is 0 Å². The zero-order chi connectivity index (χ0) is 18.8. The molecule has 1 N–H and O–H groups in total. The summed E-state index contributed by atoms with van der Waals surface area (Å²) in [5.74, 6) is 0.596. The van der Waals surface area contributed by atoms with E-state index in [2.05, 4.69) is 15.5 Å². The molecule has 0 atom stereocenters. The number of thioether (sulfide) groups is 1. The van der Waals surface area contributed by atoms with E-state index in [0.29, 0.717) is 17.4 Å². The molecule has 0 amide bonds. The molecule has 0 saturated heterocycles. The van der Waals surface area contributed by atoms with Gasteiger partial charge in [-0.1, -0.05) is 17.7 Å². The van der Waals surface area contributed by atoms with Crippen LogP contribution in [-0.4, -0.2) is 14.8 Å². The lowest BCUT2D eigenvalue weighted by molar-refractivity contribution is 0.626. The van der Waals surface area contributed by atoms with E-state index >= 15 is 0 Å². The van der Waals surface area contributed by atoms with Crippen LogP contribution in [0.2, 0.25) is 0 Å². The Morgan fingerprint density at radius 1 is 1.11 bits per heavy atom. The Labute approximate surface area is 160 Å². The van der Waals surface area contributed by atoms with E-state index in [-0.39, 0.29) is 17.4 Å². The van der Waals surface area contributed by atoms with Gasteiger partial charge in [0.05, 0.1) is 0 Å². The Morgan fingerprint density at radius 2 is 1.81 bits per heavy atom. The normalized spacial score (nSPS) is 13.6. The van der Waals surface area contributed by atoms with Gasteiger partial charge in [-0.2, -0.15) is 0 Å². The molecule has 138 valence electrons. The second-order valence-corrected chi connectivity index (χ2v) is 7.66. The smallest absolute Gasteiger partial charge is 0.278 e. The third kappa shape index (κ3) is 4.19. The van der Waals surface area contributed by atoms with E-state index in [0.717, 1.165) is 23.4 Å². The molecule has 1 aliphatic rings. The number of anilines is 2. The number of nitrogens with zero attached hydrogens (tertiary/aromatic N) is 3. The molecule has 1 aliphatic carbocycles. The molecule has 7 heteroatoms. The SMILES string of the molecule is Cc1ccc(Nc2nnc(CSc3ccc(F)cc3)c(=O)n2C2CC2)cc1. The minimum absolute atomic E-state index is 0.114. The van der Waals surface area contributed by atoms with Crippen LogP contribution in [0.3, 0.4) is 0 Å². The number of hydrogen-bond acceptors (Lipinski definition) is 5. The predicted octanol–water partition coefficient (Wildman–Crippen LogP) is 4.46.